The highest BCUT2D eigenvalue weighted by atomic mass is 31.2. The molecule has 0 aromatic carbocycles. The fourth-order valence-electron chi connectivity index (χ4n) is 2.42. The quantitative estimate of drug-likeness (QED) is 0.752. The van der Waals surface area contributed by atoms with Crippen molar-refractivity contribution in [3.8, 4) is 0 Å². The van der Waals surface area contributed by atoms with Crippen molar-refractivity contribution in [1.29, 1.82) is 0 Å². The number of nitrogens with zero attached hydrogens (tertiary/aromatic N) is 1. The number of hydrogen-bond donors (Lipinski definition) is 1. The van der Waals surface area contributed by atoms with E-state index in [9.17, 15) is 14.2 Å². The van der Waals surface area contributed by atoms with Crippen LogP contribution >= 0.6 is 7.60 Å². The van der Waals surface area contributed by atoms with Gasteiger partial charge in [0.1, 0.15) is 12.3 Å². The first-order valence-corrected chi connectivity index (χ1v) is 8.23. The van der Waals surface area contributed by atoms with Crippen LogP contribution in [0.4, 0.5) is 0 Å². The largest absolute Gasteiger partial charge is 0.349 e. The molecule has 2 aliphatic rings. The van der Waals surface area contributed by atoms with Gasteiger partial charge in [0.05, 0.1) is 12.7 Å². The second kappa shape index (κ2) is 4.66. The molecule has 0 amide bonds. The van der Waals surface area contributed by atoms with Crippen LogP contribution in [0.2, 0.25) is 0 Å². The molecule has 1 aromatic heterocycles. The molecule has 9 heteroatoms. The minimum Gasteiger partial charge on any atom is -0.349 e. The highest BCUT2D eigenvalue weighted by Gasteiger charge is 2.45. The Morgan fingerprint density at radius 1 is 1.40 bits per heavy atom. The monoisotopic (exact) mass is 302 g/mol. The molecule has 2 fully saturated rings. The molecular formula is C11H15N2O6P. The molecule has 2 aliphatic heterocycles. The molecular weight excluding hydrogens is 287 g/mol. The predicted octanol–water partition coefficient (Wildman–Crippen LogP) is 0.371. The maximum atomic E-state index is 11.8. The van der Waals surface area contributed by atoms with E-state index in [0.29, 0.717) is 12.0 Å². The molecule has 0 saturated carbocycles. The van der Waals surface area contributed by atoms with E-state index < -0.39 is 25.1 Å². The highest BCUT2D eigenvalue weighted by molar-refractivity contribution is 7.53. The van der Waals surface area contributed by atoms with Gasteiger partial charge in [-0.05, 0) is 6.92 Å². The van der Waals surface area contributed by atoms with E-state index in [4.69, 9.17) is 13.8 Å². The summed E-state index contributed by atoms with van der Waals surface area (Å²) in [5.74, 6) is 0. The van der Waals surface area contributed by atoms with Crippen LogP contribution in [-0.4, -0.2) is 35.0 Å². The molecule has 20 heavy (non-hydrogen) atoms. The van der Waals surface area contributed by atoms with E-state index in [2.05, 4.69) is 4.98 Å². The van der Waals surface area contributed by atoms with Gasteiger partial charge >= 0.3 is 13.3 Å². The first-order valence-electron chi connectivity index (χ1n) is 6.24. The van der Waals surface area contributed by atoms with Crippen LogP contribution in [0.25, 0.3) is 0 Å². The molecule has 2 saturated heterocycles. The molecule has 0 unspecified atom stereocenters. The van der Waals surface area contributed by atoms with Gasteiger partial charge in [-0.3, -0.25) is 18.9 Å². The van der Waals surface area contributed by atoms with Gasteiger partial charge in [0.15, 0.2) is 0 Å². The number of nitrogens with one attached hydrogen (secondary N) is 1. The zero-order valence-corrected chi connectivity index (χ0v) is 12.0. The van der Waals surface area contributed by atoms with Crippen molar-refractivity contribution in [2.24, 2.45) is 0 Å². The van der Waals surface area contributed by atoms with Gasteiger partial charge in [-0.2, -0.15) is 0 Å². The summed E-state index contributed by atoms with van der Waals surface area (Å²) >= 11 is 0. The molecule has 8 nitrogen and oxygen atoms in total. The Hall–Kier alpha value is -1.21. The lowest BCUT2D eigenvalue weighted by Crippen LogP contribution is -2.33. The number of fused-ring (bicyclic) bond motifs is 1. The van der Waals surface area contributed by atoms with Crippen LogP contribution in [-0.2, 0) is 18.3 Å². The summed E-state index contributed by atoms with van der Waals surface area (Å²) in [6, 6.07) is 0. The van der Waals surface area contributed by atoms with Crippen LogP contribution in [0.3, 0.4) is 0 Å². The molecule has 3 rings (SSSR count). The number of H-pyrrole nitrogens is 1. The number of ether oxygens (including phenoxy) is 1. The zero-order chi connectivity index (χ0) is 14.5. The molecule has 0 aliphatic carbocycles. The molecule has 3 heterocycles. The van der Waals surface area contributed by atoms with Crippen LogP contribution in [0, 0.1) is 6.92 Å². The van der Waals surface area contributed by atoms with Crippen molar-refractivity contribution in [3.63, 3.8) is 0 Å². The van der Waals surface area contributed by atoms with Crippen molar-refractivity contribution in [1.82, 2.24) is 9.55 Å². The van der Waals surface area contributed by atoms with Gasteiger partial charge in [-0.25, -0.2) is 4.79 Å². The number of rotatable bonds is 1. The lowest BCUT2D eigenvalue weighted by atomic mass is 10.2. The van der Waals surface area contributed by atoms with Crippen molar-refractivity contribution in [3.05, 3.63) is 32.6 Å². The van der Waals surface area contributed by atoms with Crippen molar-refractivity contribution >= 4 is 7.60 Å². The van der Waals surface area contributed by atoms with E-state index in [1.54, 1.807) is 6.92 Å². The topological polar surface area (TPSA) is 99.6 Å². The smallest absolute Gasteiger partial charge is 0.330 e. The van der Waals surface area contributed by atoms with Gasteiger partial charge in [-0.15, -0.1) is 0 Å². The number of aryl methyl sites for hydroxylation is 1. The fourth-order valence-corrected chi connectivity index (χ4v) is 3.61. The highest BCUT2D eigenvalue weighted by Crippen LogP contribution is 2.52. The summed E-state index contributed by atoms with van der Waals surface area (Å²) in [6.07, 6.45) is 0.548. The molecule has 110 valence electrons. The fraction of sp³-hybridized carbons (Fsp3) is 0.636. The number of hydrogen-bond acceptors (Lipinski definition) is 6. The molecule has 1 N–H and O–H groups in total. The summed E-state index contributed by atoms with van der Waals surface area (Å²) in [5.41, 5.74) is -0.537. The SMILES string of the molecule is Cc1cn([C@@H]2C[C@@H]3O[P@](C)(=O)OC[C@@H]3O2)c(=O)[nH]c1=O. The van der Waals surface area contributed by atoms with Gasteiger partial charge in [-0.1, -0.05) is 0 Å². The molecule has 4 atom stereocenters. The Morgan fingerprint density at radius 2 is 2.15 bits per heavy atom. The Morgan fingerprint density at radius 3 is 2.90 bits per heavy atom. The van der Waals surface area contributed by atoms with Gasteiger partial charge in [0, 0.05) is 24.8 Å². The summed E-state index contributed by atoms with van der Waals surface area (Å²) in [4.78, 5) is 25.4. The molecule has 0 bridgehead atoms. The van der Waals surface area contributed by atoms with Crippen molar-refractivity contribution in [2.75, 3.05) is 13.3 Å². The predicted molar refractivity (Wildman–Crippen MR) is 68.9 cm³/mol. The Bertz CT molecular complexity index is 695. The van der Waals surface area contributed by atoms with Crippen LogP contribution in [0.5, 0.6) is 0 Å². The van der Waals surface area contributed by atoms with Crippen LogP contribution < -0.4 is 11.2 Å². The average molecular weight is 302 g/mol. The minimum absolute atomic E-state index is 0.173. The summed E-state index contributed by atoms with van der Waals surface area (Å²) < 4.78 is 29.2. The van der Waals surface area contributed by atoms with Crippen molar-refractivity contribution < 1.29 is 18.3 Å². The first-order chi connectivity index (χ1) is 9.35. The average Bonchev–Trinajstić information content (AvgIpc) is 2.74. The van der Waals surface area contributed by atoms with Gasteiger partial charge in [0.25, 0.3) is 5.56 Å². The van der Waals surface area contributed by atoms with E-state index >= 15 is 0 Å². The Kier molecular flexibility index (Phi) is 3.21. The maximum absolute atomic E-state index is 11.8. The van der Waals surface area contributed by atoms with Crippen LogP contribution in [0.1, 0.15) is 18.2 Å². The summed E-state index contributed by atoms with van der Waals surface area (Å²) in [5, 5.41) is 0. The number of aromatic nitrogens is 2. The van der Waals surface area contributed by atoms with E-state index in [1.807, 2.05) is 0 Å². The summed E-state index contributed by atoms with van der Waals surface area (Å²) in [7, 11) is -3.03. The van der Waals surface area contributed by atoms with Gasteiger partial charge < -0.3 is 13.8 Å². The van der Waals surface area contributed by atoms with Crippen LogP contribution in [0.15, 0.2) is 15.8 Å². The maximum Gasteiger partial charge on any atom is 0.330 e. The van der Waals surface area contributed by atoms with Gasteiger partial charge in [0.2, 0.25) is 0 Å². The van der Waals surface area contributed by atoms with E-state index in [1.165, 1.54) is 17.4 Å². The normalized spacial score (nSPS) is 36.8. The van der Waals surface area contributed by atoms with Crippen molar-refractivity contribution in [2.45, 2.75) is 31.8 Å². The van der Waals surface area contributed by atoms with E-state index in [-0.39, 0.29) is 18.8 Å². The second-order valence-electron chi connectivity index (χ2n) is 5.05. The third-order valence-corrected chi connectivity index (χ3v) is 4.71. The molecule has 1 aromatic rings. The number of aromatic amines is 1. The third-order valence-electron chi connectivity index (χ3n) is 3.44. The lowest BCUT2D eigenvalue weighted by molar-refractivity contribution is -0.0580. The third kappa shape index (κ3) is 2.40. The Labute approximate surface area is 114 Å². The molecule has 0 radical (unpaired) electrons. The first kappa shape index (κ1) is 13.8. The molecule has 0 spiro atoms. The standard InChI is InChI=1S/C11H15N2O6P/c1-6-4-13(11(15)12-10(6)14)9-3-7-8(18-9)5-17-20(2,16)19-7/h4,7-9H,3,5H2,1-2H3,(H,12,14,15)/t7-,8-,9-,20+/m0/s1. The minimum atomic E-state index is -3.03. The zero-order valence-electron chi connectivity index (χ0n) is 11.1. The Balaban J connectivity index is 1.88. The summed E-state index contributed by atoms with van der Waals surface area (Å²) in [6.45, 7) is 3.19. The second-order valence-corrected chi connectivity index (χ2v) is 7.07. The lowest BCUT2D eigenvalue weighted by Gasteiger charge is -2.28. The van der Waals surface area contributed by atoms with E-state index in [0.717, 1.165) is 0 Å².